The molecule has 2 N–H and O–H groups in total. The third-order valence-corrected chi connectivity index (χ3v) is 3.16. The summed E-state index contributed by atoms with van der Waals surface area (Å²) < 4.78 is 5.87. The van der Waals surface area contributed by atoms with E-state index >= 15 is 0 Å². The highest BCUT2D eigenvalue weighted by atomic mass is 79.9. The number of nitrogens with zero attached hydrogens (tertiary/aromatic N) is 1. The lowest BCUT2D eigenvalue weighted by molar-refractivity contribution is 0.102. The minimum Gasteiger partial charge on any atom is -0.507 e. The molecule has 0 spiro atoms. The van der Waals surface area contributed by atoms with Crippen molar-refractivity contribution in [2.75, 3.05) is 12.4 Å². The molecule has 1 aromatic heterocycles. The fourth-order valence-corrected chi connectivity index (χ4v) is 2.12. The summed E-state index contributed by atoms with van der Waals surface area (Å²) in [6.07, 6.45) is 1.59. The first-order chi connectivity index (χ1) is 9.51. The largest absolute Gasteiger partial charge is 0.507 e. The number of aryl methyl sites for hydroxylation is 1. The van der Waals surface area contributed by atoms with Crippen LogP contribution in [0, 0.1) is 6.92 Å². The quantitative estimate of drug-likeness (QED) is 0.903. The Bertz CT molecular complexity index is 659. The molecule has 104 valence electrons. The Balaban J connectivity index is 2.28. The maximum atomic E-state index is 12.2. The zero-order chi connectivity index (χ0) is 14.7. The van der Waals surface area contributed by atoms with E-state index < -0.39 is 5.91 Å². The zero-order valence-corrected chi connectivity index (χ0v) is 12.6. The minimum absolute atomic E-state index is 0.113. The lowest BCUT2D eigenvalue weighted by Crippen LogP contribution is -2.14. The topological polar surface area (TPSA) is 71.5 Å². The molecule has 0 aliphatic carbocycles. The number of aromatic nitrogens is 1. The lowest BCUT2D eigenvalue weighted by atomic mass is 10.1. The number of nitrogens with one attached hydrogen (secondary N) is 1. The van der Waals surface area contributed by atoms with Gasteiger partial charge in [0.05, 0.1) is 12.7 Å². The maximum Gasteiger partial charge on any atom is 0.260 e. The first kappa shape index (κ1) is 14.3. The molecule has 0 unspecified atom stereocenters. The molecule has 0 aliphatic rings. The van der Waals surface area contributed by atoms with E-state index in [0.717, 1.165) is 10.0 Å². The van der Waals surface area contributed by atoms with Crippen molar-refractivity contribution in [2.24, 2.45) is 0 Å². The number of pyridine rings is 1. The number of amides is 1. The number of methoxy groups -OCH3 is 1. The van der Waals surface area contributed by atoms with Crippen molar-refractivity contribution in [3.05, 3.63) is 46.1 Å². The molecule has 1 amide bonds. The summed E-state index contributed by atoms with van der Waals surface area (Å²) in [6, 6.07) is 6.30. The van der Waals surface area contributed by atoms with Crippen LogP contribution in [-0.4, -0.2) is 23.1 Å². The number of ether oxygens (including phenoxy) is 1. The number of aromatic hydroxyl groups is 1. The molecule has 0 saturated carbocycles. The van der Waals surface area contributed by atoms with Gasteiger partial charge in [-0.25, -0.2) is 4.98 Å². The van der Waals surface area contributed by atoms with E-state index in [1.54, 1.807) is 12.3 Å². The van der Waals surface area contributed by atoms with Crippen LogP contribution in [0.2, 0.25) is 0 Å². The van der Waals surface area contributed by atoms with E-state index in [0.29, 0.717) is 11.6 Å². The summed E-state index contributed by atoms with van der Waals surface area (Å²) in [5, 5.41) is 12.4. The number of rotatable bonds is 3. The number of hydrogen-bond acceptors (Lipinski definition) is 4. The predicted octanol–water partition coefficient (Wildman–Crippen LogP) is 3.12. The first-order valence-electron chi connectivity index (χ1n) is 5.81. The van der Waals surface area contributed by atoms with Crippen LogP contribution in [0.15, 0.2) is 34.9 Å². The summed E-state index contributed by atoms with van der Waals surface area (Å²) in [5.74, 6) is 0.381. The summed E-state index contributed by atoms with van der Waals surface area (Å²) >= 11 is 3.31. The van der Waals surface area contributed by atoms with Gasteiger partial charge >= 0.3 is 0 Å². The van der Waals surface area contributed by atoms with E-state index in [9.17, 15) is 9.90 Å². The first-order valence-corrected chi connectivity index (χ1v) is 6.61. The molecule has 6 heteroatoms. The van der Waals surface area contributed by atoms with Crippen molar-refractivity contribution in [2.45, 2.75) is 6.92 Å². The summed E-state index contributed by atoms with van der Waals surface area (Å²) in [4.78, 5) is 16.3. The van der Waals surface area contributed by atoms with E-state index in [1.165, 1.54) is 19.2 Å². The number of hydrogen-bond donors (Lipinski definition) is 2. The van der Waals surface area contributed by atoms with Gasteiger partial charge in [0.25, 0.3) is 5.91 Å². The molecule has 1 aromatic carbocycles. The van der Waals surface area contributed by atoms with Gasteiger partial charge in [0.15, 0.2) is 0 Å². The molecule has 2 rings (SSSR count). The van der Waals surface area contributed by atoms with Gasteiger partial charge in [0, 0.05) is 10.7 Å². The number of phenolic OH excluding ortho intramolecular Hbond substituents is 1. The third kappa shape index (κ3) is 3.08. The van der Waals surface area contributed by atoms with Crippen molar-refractivity contribution in [3.8, 4) is 11.5 Å². The fraction of sp³-hybridized carbons (Fsp3) is 0.143. The molecule has 0 fully saturated rings. The Kier molecular flexibility index (Phi) is 4.24. The molecular formula is C14H13BrN2O3. The summed E-state index contributed by atoms with van der Waals surface area (Å²) in [7, 11) is 1.49. The third-order valence-electron chi connectivity index (χ3n) is 2.73. The average Bonchev–Trinajstić information content (AvgIpc) is 2.42. The molecule has 0 atom stereocenters. The Hall–Kier alpha value is -2.08. The van der Waals surface area contributed by atoms with Crippen molar-refractivity contribution in [3.63, 3.8) is 0 Å². The van der Waals surface area contributed by atoms with Crippen molar-refractivity contribution < 1.29 is 14.6 Å². The van der Waals surface area contributed by atoms with E-state index in [1.807, 2.05) is 13.0 Å². The second kappa shape index (κ2) is 5.92. The van der Waals surface area contributed by atoms with Crippen LogP contribution in [0.4, 0.5) is 5.82 Å². The van der Waals surface area contributed by atoms with Gasteiger partial charge in [-0.3, -0.25) is 4.79 Å². The number of phenols is 1. The standard InChI is InChI=1S/C14H13BrN2O3/c1-8-5-9(15)7-16-13(8)17-14(19)11-6-10(20-2)3-4-12(11)18/h3-7,18H,1-2H3,(H,16,17,19). The van der Waals surface area contributed by atoms with Crippen molar-refractivity contribution in [1.82, 2.24) is 4.98 Å². The van der Waals surface area contributed by atoms with Crippen LogP contribution in [-0.2, 0) is 0 Å². The van der Waals surface area contributed by atoms with E-state index in [2.05, 4.69) is 26.2 Å². The van der Waals surface area contributed by atoms with Crippen molar-refractivity contribution in [1.29, 1.82) is 0 Å². The van der Waals surface area contributed by atoms with Crippen LogP contribution >= 0.6 is 15.9 Å². The SMILES string of the molecule is COc1ccc(O)c(C(=O)Nc2ncc(Br)cc2C)c1. The molecule has 2 aromatic rings. The summed E-state index contributed by atoms with van der Waals surface area (Å²) in [6.45, 7) is 1.83. The monoisotopic (exact) mass is 336 g/mol. The van der Waals surface area contributed by atoms with Crippen LogP contribution < -0.4 is 10.1 Å². The lowest BCUT2D eigenvalue weighted by Gasteiger charge is -2.09. The molecule has 0 saturated heterocycles. The highest BCUT2D eigenvalue weighted by Crippen LogP contribution is 2.24. The smallest absolute Gasteiger partial charge is 0.260 e. The molecule has 1 heterocycles. The molecule has 0 radical (unpaired) electrons. The van der Waals surface area contributed by atoms with Gasteiger partial charge in [-0.1, -0.05) is 0 Å². The van der Waals surface area contributed by atoms with Gasteiger partial charge in [-0.2, -0.15) is 0 Å². The van der Waals surface area contributed by atoms with Gasteiger partial charge in [0.1, 0.15) is 17.3 Å². The predicted molar refractivity (Wildman–Crippen MR) is 79.3 cm³/mol. The number of halogens is 1. The van der Waals surface area contributed by atoms with E-state index in [4.69, 9.17) is 4.74 Å². The van der Waals surface area contributed by atoms with Crippen molar-refractivity contribution >= 4 is 27.7 Å². The summed E-state index contributed by atoms with van der Waals surface area (Å²) in [5.41, 5.74) is 0.948. The van der Waals surface area contributed by atoms with Gasteiger partial charge in [-0.05, 0) is 52.7 Å². The Labute approximate surface area is 124 Å². The maximum absolute atomic E-state index is 12.2. The molecule has 0 aliphatic heterocycles. The molecular weight excluding hydrogens is 324 g/mol. The zero-order valence-electron chi connectivity index (χ0n) is 11.0. The Morgan fingerprint density at radius 2 is 2.15 bits per heavy atom. The number of benzene rings is 1. The van der Waals surface area contributed by atoms with Crippen LogP contribution in [0.3, 0.4) is 0 Å². The Morgan fingerprint density at radius 1 is 1.40 bits per heavy atom. The highest BCUT2D eigenvalue weighted by Gasteiger charge is 2.14. The normalized spacial score (nSPS) is 10.2. The number of carbonyl (C=O) groups is 1. The average molecular weight is 337 g/mol. The van der Waals surface area contributed by atoms with Gasteiger partial charge in [-0.15, -0.1) is 0 Å². The van der Waals surface area contributed by atoms with E-state index in [-0.39, 0.29) is 11.3 Å². The molecule has 5 nitrogen and oxygen atoms in total. The minimum atomic E-state index is -0.445. The Morgan fingerprint density at radius 3 is 2.80 bits per heavy atom. The second-order valence-electron chi connectivity index (χ2n) is 4.16. The molecule has 0 bridgehead atoms. The van der Waals surface area contributed by atoms with Crippen LogP contribution in [0.25, 0.3) is 0 Å². The van der Waals surface area contributed by atoms with Crippen LogP contribution in [0.1, 0.15) is 15.9 Å². The number of anilines is 1. The van der Waals surface area contributed by atoms with Crippen LogP contribution in [0.5, 0.6) is 11.5 Å². The number of carbonyl (C=O) groups excluding carboxylic acids is 1. The van der Waals surface area contributed by atoms with Gasteiger partial charge < -0.3 is 15.2 Å². The second-order valence-corrected chi connectivity index (χ2v) is 5.07. The fourth-order valence-electron chi connectivity index (χ4n) is 1.67. The van der Waals surface area contributed by atoms with Gasteiger partial charge in [0.2, 0.25) is 0 Å². The molecule has 20 heavy (non-hydrogen) atoms. The highest BCUT2D eigenvalue weighted by molar-refractivity contribution is 9.10.